The average molecular weight is 308 g/mol. The molecule has 0 aromatic heterocycles. The molecule has 21 heavy (non-hydrogen) atoms. The van der Waals surface area contributed by atoms with Gasteiger partial charge in [-0.3, -0.25) is 0 Å². The van der Waals surface area contributed by atoms with E-state index in [0.717, 1.165) is 0 Å². The Bertz CT molecular complexity index is 519. The van der Waals surface area contributed by atoms with Gasteiger partial charge in [0.25, 0.3) is 0 Å². The van der Waals surface area contributed by atoms with Crippen LogP contribution in [0.3, 0.4) is 0 Å². The first-order valence-corrected chi connectivity index (χ1v) is 7.90. The molecule has 0 radical (unpaired) electrons. The summed E-state index contributed by atoms with van der Waals surface area (Å²) >= 11 is 6.00. The van der Waals surface area contributed by atoms with Crippen molar-refractivity contribution in [3.05, 3.63) is 28.3 Å². The highest BCUT2D eigenvalue weighted by molar-refractivity contribution is 6.33. The molecule has 1 aromatic rings. The molecule has 4 N–H and O–H groups in total. The fourth-order valence-electron chi connectivity index (χ4n) is 2.80. The number of rotatable bonds is 4. The third-order valence-electron chi connectivity index (χ3n) is 4.11. The molecular weight excluding hydrogens is 286 g/mol. The first-order chi connectivity index (χ1) is 10.1. The number of nitrogens with two attached hydrogens (primary N) is 1. The molecule has 0 saturated heterocycles. The third-order valence-corrected chi connectivity index (χ3v) is 4.42. The van der Waals surface area contributed by atoms with E-state index in [1.165, 1.54) is 38.5 Å². The molecule has 0 amide bonds. The maximum absolute atomic E-state index is 10.3. The van der Waals surface area contributed by atoms with Gasteiger partial charge < -0.3 is 16.2 Å². The Labute approximate surface area is 130 Å². The molecule has 0 bridgehead atoms. The molecule has 1 unspecified atom stereocenters. The predicted molar refractivity (Wildman–Crippen MR) is 85.0 cm³/mol. The second-order valence-corrected chi connectivity index (χ2v) is 6.10. The number of aliphatic hydroxyl groups excluding tert-OH is 1. The van der Waals surface area contributed by atoms with E-state index in [1.807, 2.05) is 6.07 Å². The Morgan fingerprint density at radius 1 is 1.33 bits per heavy atom. The number of halogens is 1. The van der Waals surface area contributed by atoms with Gasteiger partial charge in [-0.25, -0.2) is 0 Å². The minimum Gasteiger partial charge on any atom is -0.396 e. The van der Waals surface area contributed by atoms with Crippen LogP contribution < -0.4 is 11.1 Å². The molecule has 0 heterocycles. The van der Waals surface area contributed by atoms with Crippen LogP contribution in [0.2, 0.25) is 5.02 Å². The Balaban J connectivity index is 1.98. The summed E-state index contributed by atoms with van der Waals surface area (Å²) in [6, 6.07) is 5.73. The van der Waals surface area contributed by atoms with E-state index in [0.29, 0.717) is 28.7 Å². The summed E-state index contributed by atoms with van der Waals surface area (Å²) < 4.78 is 0. The lowest BCUT2D eigenvalue weighted by atomic mass is 10.0. The maximum atomic E-state index is 10.3. The van der Waals surface area contributed by atoms with Gasteiger partial charge in [0.2, 0.25) is 0 Å². The number of nitrogen functional groups attached to an aromatic ring is 1. The van der Waals surface area contributed by atoms with Crippen molar-refractivity contribution in [3.8, 4) is 6.07 Å². The summed E-state index contributed by atoms with van der Waals surface area (Å²) in [5, 5.41) is 23.1. The first kappa shape index (κ1) is 16.1. The van der Waals surface area contributed by atoms with Gasteiger partial charge in [0.15, 0.2) is 0 Å². The smallest absolute Gasteiger partial charge is 0.101 e. The largest absolute Gasteiger partial charge is 0.396 e. The van der Waals surface area contributed by atoms with Crippen molar-refractivity contribution in [2.24, 2.45) is 0 Å². The van der Waals surface area contributed by atoms with Crippen LogP contribution >= 0.6 is 11.6 Å². The molecule has 4 nitrogen and oxygen atoms in total. The molecule has 2 rings (SSSR count). The average Bonchev–Trinajstić information content (AvgIpc) is 2.76. The van der Waals surface area contributed by atoms with Crippen molar-refractivity contribution >= 4 is 17.3 Å². The fourth-order valence-corrected chi connectivity index (χ4v) is 3.03. The van der Waals surface area contributed by atoms with Crippen LogP contribution in [-0.4, -0.2) is 17.7 Å². The monoisotopic (exact) mass is 307 g/mol. The van der Waals surface area contributed by atoms with Crippen LogP contribution in [0.1, 0.15) is 55.8 Å². The standard InChI is InChI=1S/C16H22ClN3O/c17-14-8-11(7-12(9-18)16(14)19)15(21)10-20-13-5-3-1-2-4-6-13/h7-8,13,15,20-21H,1-6,10,19H2. The third kappa shape index (κ3) is 4.34. The van der Waals surface area contributed by atoms with E-state index in [1.54, 1.807) is 12.1 Å². The van der Waals surface area contributed by atoms with Crippen molar-refractivity contribution in [1.29, 1.82) is 5.26 Å². The number of benzene rings is 1. The van der Waals surface area contributed by atoms with Gasteiger partial charge in [-0.05, 0) is 30.5 Å². The van der Waals surface area contributed by atoms with Crippen molar-refractivity contribution in [1.82, 2.24) is 5.32 Å². The SMILES string of the molecule is N#Cc1cc(C(O)CNC2CCCCCC2)cc(Cl)c1N. The van der Waals surface area contributed by atoms with Crippen LogP contribution in [0.4, 0.5) is 5.69 Å². The van der Waals surface area contributed by atoms with E-state index in [4.69, 9.17) is 22.6 Å². The molecule has 1 fully saturated rings. The topological polar surface area (TPSA) is 82.1 Å². The van der Waals surface area contributed by atoms with Crippen LogP contribution in [0, 0.1) is 11.3 Å². The number of aliphatic hydroxyl groups is 1. The summed E-state index contributed by atoms with van der Waals surface area (Å²) in [7, 11) is 0. The lowest BCUT2D eigenvalue weighted by Gasteiger charge is -2.20. The van der Waals surface area contributed by atoms with Gasteiger partial charge >= 0.3 is 0 Å². The van der Waals surface area contributed by atoms with Gasteiger partial charge in [0.05, 0.1) is 22.4 Å². The zero-order valence-electron chi connectivity index (χ0n) is 12.1. The Morgan fingerprint density at radius 2 is 2.00 bits per heavy atom. The molecular formula is C16H22ClN3O. The highest BCUT2D eigenvalue weighted by Crippen LogP contribution is 2.27. The summed E-state index contributed by atoms with van der Waals surface area (Å²) in [4.78, 5) is 0. The van der Waals surface area contributed by atoms with Crippen LogP contribution in [0.25, 0.3) is 0 Å². The fraction of sp³-hybridized carbons (Fsp3) is 0.562. The second kappa shape index (κ2) is 7.65. The minimum atomic E-state index is -0.682. The number of nitrogens with one attached hydrogen (secondary N) is 1. The molecule has 1 saturated carbocycles. The Morgan fingerprint density at radius 3 is 2.62 bits per heavy atom. The predicted octanol–water partition coefficient (Wildman–Crippen LogP) is 3.14. The molecule has 1 atom stereocenters. The van der Waals surface area contributed by atoms with Crippen molar-refractivity contribution in [3.63, 3.8) is 0 Å². The first-order valence-electron chi connectivity index (χ1n) is 7.52. The minimum absolute atomic E-state index is 0.270. The lowest BCUT2D eigenvalue weighted by Crippen LogP contribution is -2.32. The van der Waals surface area contributed by atoms with Crippen LogP contribution in [0.5, 0.6) is 0 Å². The zero-order chi connectivity index (χ0) is 15.2. The quantitative estimate of drug-likeness (QED) is 0.589. The summed E-state index contributed by atoms with van der Waals surface area (Å²) in [6.07, 6.45) is 6.76. The number of hydrogen-bond acceptors (Lipinski definition) is 4. The maximum Gasteiger partial charge on any atom is 0.101 e. The van der Waals surface area contributed by atoms with E-state index in [9.17, 15) is 5.11 Å². The van der Waals surface area contributed by atoms with Gasteiger partial charge in [-0.1, -0.05) is 37.3 Å². The lowest BCUT2D eigenvalue weighted by molar-refractivity contribution is 0.168. The number of hydrogen-bond donors (Lipinski definition) is 3. The number of nitrogens with zero attached hydrogens (tertiary/aromatic N) is 1. The Hall–Kier alpha value is -1.28. The van der Waals surface area contributed by atoms with Crippen LogP contribution in [0.15, 0.2) is 12.1 Å². The molecule has 0 spiro atoms. The van der Waals surface area contributed by atoms with E-state index < -0.39 is 6.10 Å². The van der Waals surface area contributed by atoms with Gasteiger partial charge in [0.1, 0.15) is 6.07 Å². The number of anilines is 1. The Kier molecular flexibility index (Phi) is 5.86. The van der Waals surface area contributed by atoms with E-state index in [2.05, 4.69) is 5.32 Å². The second-order valence-electron chi connectivity index (χ2n) is 5.69. The molecule has 1 aliphatic rings. The molecule has 5 heteroatoms. The van der Waals surface area contributed by atoms with Crippen molar-refractivity contribution in [2.45, 2.75) is 50.7 Å². The van der Waals surface area contributed by atoms with Gasteiger partial charge in [-0.2, -0.15) is 5.26 Å². The van der Waals surface area contributed by atoms with Crippen LogP contribution in [-0.2, 0) is 0 Å². The van der Waals surface area contributed by atoms with Crippen molar-refractivity contribution < 1.29 is 5.11 Å². The van der Waals surface area contributed by atoms with E-state index >= 15 is 0 Å². The van der Waals surface area contributed by atoms with Crippen molar-refractivity contribution in [2.75, 3.05) is 12.3 Å². The molecule has 114 valence electrons. The highest BCUT2D eigenvalue weighted by Gasteiger charge is 2.16. The summed E-state index contributed by atoms with van der Waals surface area (Å²) in [6.45, 7) is 0.468. The van der Waals surface area contributed by atoms with E-state index in [-0.39, 0.29) is 5.69 Å². The zero-order valence-corrected chi connectivity index (χ0v) is 12.9. The highest BCUT2D eigenvalue weighted by atomic mass is 35.5. The van der Waals surface area contributed by atoms with Gasteiger partial charge in [0, 0.05) is 12.6 Å². The molecule has 0 aliphatic heterocycles. The normalized spacial score (nSPS) is 18.0. The summed E-state index contributed by atoms with van der Waals surface area (Å²) in [5.41, 5.74) is 6.93. The van der Waals surface area contributed by atoms with Gasteiger partial charge in [-0.15, -0.1) is 0 Å². The summed E-state index contributed by atoms with van der Waals surface area (Å²) in [5.74, 6) is 0. The molecule has 1 aliphatic carbocycles. The number of nitriles is 1. The molecule has 1 aromatic carbocycles.